The van der Waals surface area contributed by atoms with E-state index >= 15 is 0 Å². The summed E-state index contributed by atoms with van der Waals surface area (Å²) in [5.74, 6) is 0.154. The van der Waals surface area contributed by atoms with E-state index in [2.05, 4.69) is 73.0 Å². The summed E-state index contributed by atoms with van der Waals surface area (Å²) in [4.78, 5) is 17.1. The van der Waals surface area contributed by atoms with Gasteiger partial charge in [-0.25, -0.2) is 0 Å². The molecule has 0 bridgehead atoms. The third-order valence-corrected chi connectivity index (χ3v) is 5.39. The highest BCUT2D eigenvalue weighted by Crippen LogP contribution is 2.31. The van der Waals surface area contributed by atoms with Gasteiger partial charge in [0.15, 0.2) is 0 Å². The molecule has 0 unspecified atom stereocenters. The summed E-state index contributed by atoms with van der Waals surface area (Å²) < 4.78 is 0. The van der Waals surface area contributed by atoms with Gasteiger partial charge in [-0.05, 0) is 50.3 Å². The molecule has 2 aromatic carbocycles. The normalized spacial score (nSPS) is 15.8. The summed E-state index contributed by atoms with van der Waals surface area (Å²) >= 11 is 0. The van der Waals surface area contributed by atoms with E-state index in [0.717, 1.165) is 38.2 Å². The topological polar surface area (TPSA) is 23.6 Å². The predicted octanol–water partition coefficient (Wildman–Crippen LogP) is 4.63. The van der Waals surface area contributed by atoms with Crippen LogP contribution in [0.4, 0.5) is 5.69 Å². The minimum atomic E-state index is 0.154. The van der Waals surface area contributed by atoms with Crippen molar-refractivity contribution in [2.45, 2.75) is 53.1 Å². The molecule has 1 aliphatic rings. The first-order valence-corrected chi connectivity index (χ1v) is 9.59. The van der Waals surface area contributed by atoms with Gasteiger partial charge in [0.05, 0.1) is 0 Å². The quantitative estimate of drug-likeness (QED) is 0.803. The maximum Gasteiger partial charge on any atom is 0.224 e. The Balaban J connectivity index is 1.73. The molecule has 0 spiro atoms. The molecule has 0 N–H and O–H groups in total. The first-order valence-electron chi connectivity index (χ1n) is 9.59. The van der Waals surface area contributed by atoms with Gasteiger partial charge >= 0.3 is 0 Å². The monoisotopic (exact) mass is 350 g/mol. The average molecular weight is 351 g/mol. The van der Waals surface area contributed by atoms with Crippen LogP contribution in [0.15, 0.2) is 42.5 Å². The van der Waals surface area contributed by atoms with E-state index < -0.39 is 0 Å². The Kier molecular flexibility index (Phi) is 5.77. The minimum Gasteiger partial charge on any atom is -0.309 e. The van der Waals surface area contributed by atoms with Crippen molar-refractivity contribution >= 4 is 11.6 Å². The molecule has 0 aliphatic carbocycles. The molecule has 3 rings (SSSR count). The van der Waals surface area contributed by atoms with Crippen molar-refractivity contribution < 1.29 is 4.79 Å². The molecule has 1 aliphatic heterocycles. The van der Waals surface area contributed by atoms with Crippen molar-refractivity contribution in [3.63, 3.8) is 0 Å². The molecule has 1 heterocycles. The second kappa shape index (κ2) is 8.05. The van der Waals surface area contributed by atoms with Gasteiger partial charge in [0.25, 0.3) is 0 Å². The van der Waals surface area contributed by atoms with E-state index in [9.17, 15) is 4.79 Å². The van der Waals surface area contributed by atoms with Crippen LogP contribution in [0.2, 0.25) is 0 Å². The molecule has 0 aromatic heterocycles. The molecule has 0 radical (unpaired) electrons. The van der Waals surface area contributed by atoms with Crippen LogP contribution in [0.25, 0.3) is 0 Å². The number of nitrogens with zero attached hydrogens (tertiary/aromatic N) is 2. The van der Waals surface area contributed by atoms with Gasteiger partial charge in [0.1, 0.15) is 0 Å². The Hall–Kier alpha value is -2.13. The van der Waals surface area contributed by atoms with E-state index in [4.69, 9.17) is 0 Å². The summed E-state index contributed by atoms with van der Waals surface area (Å²) in [7, 11) is 0. The number of likely N-dealkylation sites (tertiary alicyclic amines) is 1. The van der Waals surface area contributed by atoms with Crippen molar-refractivity contribution in [1.29, 1.82) is 0 Å². The van der Waals surface area contributed by atoms with Crippen LogP contribution in [-0.4, -0.2) is 29.9 Å². The summed E-state index contributed by atoms with van der Waals surface area (Å²) in [6.45, 7) is 11.1. The number of rotatable bonds is 4. The average Bonchev–Trinajstić information content (AvgIpc) is 2.59. The summed E-state index contributed by atoms with van der Waals surface area (Å²) in [6.07, 6.45) is 2.05. The molecular formula is C23H30N2O. The second-order valence-electron chi connectivity index (χ2n) is 7.63. The highest BCUT2D eigenvalue weighted by atomic mass is 16.2. The minimum absolute atomic E-state index is 0.154. The number of hydrogen-bond donors (Lipinski definition) is 0. The lowest BCUT2D eigenvalue weighted by Gasteiger charge is -2.39. The van der Waals surface area contributed by atoms with Gasteiger partial charge < -0.3 is 4.90 Å². The van der Waals surface area contributed by atoms with E-state index in [1.165, 1.54) is 22.3 Å². The molecule has 0 saturated carbocycles. The predicted molar refractivity (Wildman–Crippen MR) is 109 cm³/mol. The van der Waals surface area contributed by atoms with Crippen molar-refractivity contribution in [3.8, 4) is 0 Å². The fraction of sp³-hybridized carbons (Fsp3) is 0.435. The lowest BCUT2D eigenvalue weighted by Crippen LogP contribution is -2.47. The molecular weight excluding hydrogens is 320 g/mol. The van der Waals surface area contributed by atoms with Crippen molar-refractivity contribution in [1.82, 2.24) is 4.90 Å². The molecule has 138 valence electrons. The Bertz CT molecular complexity index is 738. The molecule has 1 saturated heterocycles. The zero-order valence-electron chi connectivity index (χ0n) is 16.5. The number of carbonyl (C=O) groups is 1. The molecule has 3 nitrogen and oxygen atoms in total. The van der Waals surface area contributed by atoms with Gasteiger partial charge in [-0.3, -0.25) is 9.69 Å². The van der Waals surface area contributed by atoms with E-state index in [0.29, 0.717) is 6.04 Å². The Labute approximate surface area is 157 Å². The number of piperidine rings is 1. The summed E-state index contributed by atoms with van der Waals surface area (Å²) in [5.41, 5.74) is 6.13. The Morgan fingerprint density at radius 3 is 2.15 bits per heavy atom. The van der Waals surface area contributed by atoms with Crippen LogP contribution in [-0.2, 0) is 11.3 Å². The fourth-order valence-electron chi connectivity index (χ4n) is 4.33. The standard InChI is InChI=1S/C23H30N2O/c1-17-14-18(2)23(19(3)15-17)25(20(4)26)22-10-12-24(13-11-22)16-21-8-6-5-7-9-21/h5-9,14-15,22H,10-13,16H2,1-4H3. The third kappa shape index (κ3) is 4.16. The van der Waals surface area contributed by atoms with Gasteiger partial charge in [0.2, 0.25) is 5.91 Å². The van der Waals surface area contributed by atoms with Gasteiger partial charge in [-0.2, -0.15) is 0 Å². The number of carbonyl (C=O) groups excluding carboxylic acids is 1. The molecule has 1 amide bonds. The molecule has 3 heteroatoms. The number of hydrogen-bond acceptors (Lipinski definition) is 2. The molecule has 0 atom stereocenters. The summed E-state index contributed by atoms with van der Waals surface area (Å²) in [5, 5.41) is 0. The van der Waals surface area contributed by atoms with E-state index in [1.807, 2.05) is 0 Å². The number of amides is 1. The van der Waals surface area contributed by atoms with Gasteiger partial charge in [0, 0.05) is 38.3 Å². The maximum absolute atomic E-state index is 12.5. The SMILES string of the molecule is CC(=O)N(c1c(C)cc(C)cc1C)C1CCN(Cc2ccccc2)CC1. The zero-order chi connectivity index (χ0) is 18.7. The van der Waals surface area contributed by atoms with Crippen LogP contribution >= 0.6 is 0 Å². The van der Waals surface area contributed by atoms with Crippen LogP contribution < -0.4 is 4.90 Å². The summed E-state index contributed by atoms with van der Waals surface area (Å²) in [6, 6.07) is 15.3. The van der Waals surface area contributed by atoms with Crippen molar-refractivity contribution in [2.24, 2.45) is 0 Å². The number of benzene rings is 2. The van der Waals surface area contributed by atoms with Crippen LogP contribution in [0, 0.1) is 20.8 Å². The largest absolute Gasteiger partial charge is 0.309 e. The smallest absolute Gasteiger partial charge is 0.224 e. The number of anilines is 1. The zero-order valence-corrected chi connectivity index (χ0v) is 16.5. The number of aryl methyl sites for hydroxylation is 3. The van der Waals surface area contributed by atoms with E-state index in [1.54, 1.807) is 6.92 Å². The highest BCUT2D eigenvalue weighted by Gasteiger charge is 2.29. The van der Waals surface area contributed by atoms with Gasteiger partial charge in [-0.15, -0.1) is 0 Å². The molecule has 1 fully saturated rings. The van der Waals surface area contributed by atoms with Crippen LogP contribution in [0.5, 0.6) is 0 Å². The van der Waals surface area contributed by atoms with Gasteiger partial charge in [-0.1, -0.05) is 48.0 Å². The molecule has 2 aromatic rings. The fourth-order valence-corrected chi connectivity index (χ4v) is 4.33. The van der Waals surface area contributed by atoms with Crippen LogP contribution in [0.3, 0.4) is 0 Å². The third-order valence-electron chi connectivity index (χ3n) is 5.39. The first-order chi connectivity index (χ1) is 12.5. The highest BCUT2D eigenvalue weighted by molar-refractivity contribution is 5.94. The van der Waals surface area contributed by atoms with Crippen LogP contribution in [0.1, 0.15) is 42.0 Å². The van der Waals surface area contributed by atoms with Crippen molar-refractivity contribution in [3.05, 3.63) is 64.7 Å². The molecule has 26 heavy (non-hydrogen) atoms. The Morgan fingerprint density at radius 2 is 1.62 bits per heavy atom. The maximum atomic E-state index is 12.5. The Morgan fingerprint density at radius 1 is 1.04 bits per heavy atom. The lowest BCUT2D eigenvalue weighted by molar-refractivity contribution is -0.117. The van der Waals surface area contributed by atoms with Crippen molar-refractivity contribution in [2.75, 3.05) is 18.0 Å². The van der Waals surface area contributed by atoms with E-state index in [-0.39, 0.29) is 5.91 Å². The second-order valence-corrected chi connectivity index (χ2v) is 7.63. The lowest BCUT2D eigenvalue weighted by atomic mass is 9.97. The first kappa shape index (κ1) is 18.7.